The van der Waals surface area contributed by atoms with Gasteiger partial charge in [0.25, 0.3) is 0 Å². The minimum atomic E-state index is -3.91. The molecule has 0 bridgehead atoms. The summed E-state index contributed by atoms with van der Waals surface area (Å²) in [5.41, 5.74) is 3.19. The van der Waals surface area contributed by atoms with Gasteiger partial charge in [0.15, 0.2) is 0 Å². The van der Waals surface area contributed by atoms with Crippen LogP contribution in [0.15, 0.2) is 71.9 Å². The zero-order valence-corrected chi connectivity index (χ0v) is 19.3. The molecule has 0 radical (unpaired) electrons. The normalized spacial score (nSPS) is 14.0. The van der Waals surface area contributed by atoms with Crippen LogP contribution in [-0.4, -0.2) is 40.3 Å². The van der Waals surface area contributed by atoms with Crippen LogP contribution < -0.4 is 5.32 Å². The van der Waals surface area contributed by atoms with Crippen LogP contribution in [0.1, 0.15) is 21.5 Å². The number of halogens is 1. The molecule has 0 saturated carbocycles. The lowest BCUT2D eigenvalue weighted by atomic mass is 10.0. The number of aromatic carboxylic acids is 1. The summed E-state index contributed by atoms with van der Waals surface area (Å²) in [6, 6.07) is 15.3. The zero-order valence-electron chi connectivity index (χ0n) is 17.8. The van der Waals surface area contributed by atoms with Gasteiger partial charge in [-0.1, -0.05) is 29.8 Å². The van der Waals surface area contributed by atoms with Crippen LogP contribution in [0.5, 0.6) is 0 Å². The number of nitrogens with zero attached hydrogens (tertiary/aromatic N) is 3. The van der Waals surface area contributed by atoms with Crippen molar-refractivity contribution in [1.82, 2.24) is 14.3 Å². The van der Waals surface area contributed by atoms with E-state index in [0.717, 1.165) is 33.8 Å². The topological polar surface area (TPSA) is 112 Å². The fourth-order valence-corrected chi connectivity index (χ4v) is 5.68. The van der Waals surface area contributed by atoms with Gasteiger partial charge in [0.1, 0.15) is 5.82 Å². The number of carbonyl (C=O) groups is 1. The summed E-state index contributed by atoms with van der Waals surface area (Å²) in [7, 11) is -3.91. The number of hydrogen-bond donors (Lipinski definition) is 2. The van der Waals surface area contributed by atoms with Gasteiger partial charge in [-0.25, -0.2) is 18.2 Å². The number of carboxylic acid groups (broad SMARTS) is 1. The minimum absolute atomic E-state index is 0.0135. The number of nitrogens with one attached hydrogen (secondary N) is 1. The highest BCUT2D eigenvalue weighted by atomic mass is 35.5. The molecule has 1 aliphatic rings. The summed E-state index contributed by atoms with van der Waals surface area (Å²) in [6.07, 6.45) is 3.82. The third kappa shape index (κ3) is 4.09. The van der Waals surface area contributed by atoms with Gasteiger partial charge in [-0.05, 0) is 48.4 Å². The summed E-state index contributed by atoms with van der Waals surface area (Å²) in [6.45, 7) is 0.382. The number of benzene rings is 2. The third-order valence-corrected chi connectivity index (χ3v) is 7.94. The predicted molar refractivity (Wildman–Crippen MR) is 129 cm³/mol. The van der Waals surface area contributed by atoms with E-state index in [2.05, 4.69) is 15.3 Å². The van der Waals surface area contributed by atoms with Crippen molar-refractivity contribution >= 4 is 50.0 Å². The Morgan fingerprint density at radius 2 is 1.91 bits per heavy atom. The molecule has 2 aromatic carbocycles. The molecular weight excluding hydrogens is 476 g/mol. The van der Waals surface area contributed by atoms with E-state index in [0.29, 0.717) is 12.2 Å². The molecule has 172 valence electrons. The van der Waals surface area contributed by atoms with Crippen molar-refractivity contribution in [1.29, 1.82) is 0 Å². The summed E-state index contributed by atoms with van der Waals surface area (Å²) < 4.78 is 27.8. The molecule has 2 aromatic heterocycles. The van der Waals surface area contributed by atoms with E-state index in [9.17, 15) is 18.3 Å². The number of rotatable bonds is 5. The number of fused-ring (bicyclic) bond motifs is 2. The maximum absolute atomic E-state index is 13.2. The molecule has 0 spiro atoms. The monoisotopic (exact) mass is 494 g/mol. The van der Waals surface area contributed by atoms with Crippen molar-refractivity contribution in [2.45, 2.75) is 17.9 Å². The molecule has 10 heteroatoms. The van der Waals surface area contributed by atoms with Crippen molar-refractivity contribution in [3.63, 3.8) is 0 Å². The van der Waals surface area contributed by atoms with E-state index in [-0.39, 0.29) is 28.6 Å². The molecule has 2 N–H and O–H groups in total. The third-order valence-electron chi connectivity index (χ3n) is 5.77. The molecule has 0 fully saturated rings. The highest BCUT2D eigenvalue weighted by Crippen LogP contribution is 2.31. The lowest BCUT2D eigenvalue weighted by Crippen LogP contribution is -2.36. The minimum Gasteiger partial charge on any atom is -0.478 e. The first kappa shape index (κ1) is 22.3. The van der Waals surface area contributed by atoms with Gasteiger partial charge >= 0.3 is 5.97 Å². The quantitative estimate of drug-likeness (QED) is 0.420. The Morgan fingerprint density at radius 1 is 1.09 bits per heavy atom. The zero-order chi connectivity index (χ0) is 23.9. The van der Waals surface area contributed by atoms with Crippen molar-refractivity contribution in [2.75, 3.05) is 11.9 Å². The molecular formula is C24H19ClN4O4S. The number of anilines is 2. The number of para-hydroxylation sites is 1. The maximum Gasteiger partial charge on any atom is 0.337 e. The summed E-state index contributed by atoms with van der Waals surface area (Å²) in [5, 5.41) is 13.6. The van der Waals surface area contributed by atoms with Crippen LogP contribution in [0.3, 0.4) is 0 Å². The Hall–Kier alpha value is -3.53. The first-order valence-electron chi connectivity index (χ1n) is 10.4. The van der Waals surface area contributed by atoms with Gasteiger partial charge in [0.2, 0.25) is 10.0 Å². The van der Waals surface area contributed by atoms with E-state index in [4.69, 9.17) is 11.6 Å². The molecule has 3 heterocycles. The fraction of sp³-hybridized carbons (Fsp3) is 0.125. The van der Waals surface area contributed by atoms with Crippen molar-refractivity contribution < 1.29 is 18.3 Å². The van der Waals surface area contributed by atoms with Gasteiger partial charge in [0, 0.05) is 30.2 Å². The van der Waals surface area contributed by atoms with Crippen LogP contribution in [0.2, 0.25) is 5.02 Å². The van der Waals surface area contributed by atoms with E-state index in [1.54, 1.807) is 18.5 Å². The van der Waals surface area contributed by atoms with E-state index in [1.807, 2.05) is 30.3 Å². The summed E-state index contributed by atoms with van der Waals surface area (Å²) in [5.74, 6) is -0.623. The number of carboxylic acids is 1. The largest absolute Gasteiger partial charge is 0.478 e. The van der Waals surface area contributed by atoms with E-state index in [1.165, 1.54) is 16.4 Å². The van der Waals surface area contributed by atoms with Crippen LogP contribution in [-0.2, 0) is 23.0 Å². The Balaban J connectivity index is 1.42. The highest BCUT2D eigenvalue weighted by molar-refractivity contribution is 7.89. The van der Waals surface area contributed by atoms with Crippen molar-refractivity contribution in [3.8, 4) is 0 Å². The lowest BCUT2D eigenvalue weighted by molar-refractivity contribution is 0.0697. The van der Waals surface area contributed by atoms with Crippen molar-refractivity contribution in [3.05, 3.63) is 88.7 Å². The molecule has 34 heavy (non-hydrogen) atoms. The van der Waals surface area contributed by atoms with Gasteiger partial charge < -0.3 is 10.4 Å². The van der Waals surface area contributed by atoms with Gasteiger partial charge in [-0.3, -0.25) is 4.98 Å². The van der Waals surface area contributed by atoms with Crippen LogP contribution in [0.4, 0.5) is 11.5 Å². The van der Waals surface area contributed by atoms with Gasteiger partial charge in [0.05, 0.1) is 32.9 Å². The summed E-state index contributed by atoms with van der Waals surface area (Å²) >= 11 is 5.90. The molecule has 0 aliphatic carbocycles. The molecule has 5 rings (SSSR count). The fourth-order valence-electron chi connectivity index (χ4n) is 4.03. The van der Waals surface area contributed by atoms with Crippen molar-refractivity contribution in [2.24, 2.45) is 0 Å². The second kappa shape index (κ2) is 8.68. The molecule has 0 atom stereocenters. The van der Waals surface area contributed by atoms with Crippen LogP contribution >= 0.6 is 11.6 Å². The Bertz CT molecular complexity index is 1540. The molecule has 0 amide bonds. The first-order chi connectivity index (χ1) is 16.3. The molecule has 1 aliphatic heterocycles. The standard InChI is InChI=1S/C24H19ClN4O4S/c25-21-6-5-18(12-20(21)24(30)31)34(32,33)29-10-8-19-16(14-29)7-9-26-23(19)28-17-11-15-3-1-2-4-22(15)27-13-17/h1-7,9,11-13H,8,10,14H2,(H,26,28)(H,30,31). The predicted octanol–water partition coefficient (Wildman–Crippen LogP) is 4.47. The average Bonchev–Trinajstić information content (AvgIpc) is 2.84. The second-order valence-electron chi connectivity index (χ2n) is 7.87. The Kier molecular flexibility index (Phi) is 5.68. The Morgan fingerprint density at radius 3 is 2.74 bits per heavy atom. The molecule has 4 aromatic rings. The van der Waals surface area contributed by atoms with Crippen LogP contribution in [0, 0.1) is 0 Å². The van der Waals surface area contributed by atoms with Gasteiger partial charge in [-0.2, -0.15) is 4.31 Å². The molecule has 0 saturated heterocycles. The number of aromatic nitrogens is 2. The average molecular weight is 495 g/mol. The summed E-state index contributed by atoms with van der Waals surface area (Å²) in [4.78, 5) is 20.2. The molecule has 0 unspecified atom stereocenters. The molecule has 8 nitrogen and oxygen atoms in total. The smallest absolute Gasteiger partial charge is 0.337 e. The first-order valence-corrected chi connectivity index (χ1v) is 12.3. The Labute approximate surface area is 200 Å². The second-order valence-corrected chi connectivity index (χ2v) is 10.2. The number of sulfonamides is 1. The lowest BCUT2D eigenvalue weighted by Gasteiger charge is -2.29. The van der Waals surface area contributed by atoms with E-state index < -0.39 is 16.0 Å². The number of hydrogen-bond acceptors (Lipinski definition) is 6. The van der Waals surface area contributed by atoms with Gasteiger partial charge in [-0.15, -0.1) is 0 Å². The maximum atomic E-state index is 13.2. The SMILES string of the molecule is O=C(O)c1cc(S(=O)(=O)N2CCc3c(ccnc3Nc3cnc4ccccc4c3)C2)ccc1Cl. The van der Waals surface area contributed by atoms with Crippen LogP contribution in [0.25, 0.3) is 10.9 Å². The highest BCUT2D eigenvalue weighted by Gasteiger charge is 2.30. The number of pyridine rings is 2. The van der Waals surface area contributed by atoms with E-state index >= 15 is 0 Å².